The van der Waals surface area contributed by atoms with E-state index in [-0.39, 0.29) is 22.0 Å². The average molecular weight is 360 g/mol. The van der Waals surface area contributed by atoms with Gasteiger partial charge in [0.15, 0.2) is 0 Å². The lowest BCUT2D eigenvalue weighted by Gasteiger charge is -2.26. The summed E-state index contributed by atoms with van der Waals surface area (Å²) in [5, 5.41) is 2.37. The Labute approximate surface area is 139 Å². The Balaban J connectivity index is 2.29. The Kier molecular flexibility index (Phi) is 5.61. The first-order valence-corrected chi connectivity index (χ1v) is 9.00. The first kappa shape index (κ1) is 17.7. The summed E-state index contributed by atoms with van der Waals surface area (Å²) in [5.41, 5.74) is 5.07. The second kappa shape index (κ2) is 7.29. The molecule has 1 saturated heterocycles. The van der Waals surface area contributed by atoms with Gasteiger partial charge in [-0.1, -0.05) is 18.0 Å². The van der Waals surface area contributed by atoms with Crippen molar-refractivity contribution in [2.24, 2.45) is 5.73 Å². The molecule has 1 aliphatic heterocycles. The highest BCUT2D eigenvalue weighted by Crippen LogP contribution is 2.27. The molecule has 9 heteroatoms. The lowest BCUT2D eigenvalue weighted by atomic mass is 10.2. The minimum Gasteiger partial charge on any atom is -0.368 e. The molecule has 2 amide bonds. The molecule has 1 aromatic rings. The third kappa shape index (κ3) is 4.21. The van der Waals surface area contributed by atoms with Crippen molar-refractivity contribution in [1.82, 2.24) is 9.62 Å². The van der Waals surface area contributed by atoms with E-state index in [2.05, 4.69) is 5.32 Å². The zero-order chi connectivity index (χ0) is 17.0. The van der Waals surface area contributed by atoms with E-state index in [1.165, 1.54) is 22.5 Å². The van der Waals surface area contributed by atoms with E-state index in [1.54, 1.807) is 0 Å². The maximum absolute atomic E-state index is 12.7. The fourth-order valence-corrected chi connectivity index (χ4v) is 4.37. The van der Waals surface area contributed by atoms with Gasteiger partial charge in [-0.3, -0.25) is 9.59 Å². The van der Waals surface area contributed by atoms with Crippen LogP contribution in [0.4, 0.5) is 0 Å². The number of hydrogen-bond acceptors (Lipinski definition) is 4. The third-order valence-corrected chi connectivity index (χ3v) is 5.93. The highest BCUT2D eigenvalue weighted by atomic mass is 35.5. The van der Waals surface area contributed by atoms with Crippen molar-refractivity contribution in [2.45, 2.75) is 24.2 Å². The molecule has 0 spiro atoms. The molecule has 1 heterocycles. The van der Waals surface area contributed by atoms with Gasteiger partial charge in [-0.05, 0) is 31.0 Å². The summed E-state index contributed by atoms with van der Waals surface area (Å²) in [6.07, 6.45) is 2.60. The number of carbonyl (C=O) groups excluding carboxylic acids is 2. The van der Waals surface area contributed by atoms with Crippen molar-refractivity contribution < 1.29 is 18.0 Å². The summed E-state index contributed by atoms with van der Waals surface area (Å²) in [4.78, 5) is 22.5. The van der Waals surface area contributed by atoms with Crippen LogP contribution in [0.1, 0.15) is 29.6 Å². The fraction of sp³-hybridized carbons (Fsp3) is 0.429. The Morgan fingerprint density at radius 2 is 1.87 bits per heavy atom. The van der Waals surface area contributed by atoms with Crippen molar-refractivity contribution in [1.29, 1.82) is 0 Å². The third-order valence-electron chi connectivity index (χ3n) is 3.55. The summed E-state index contributed by atoms with van der Waals surface area (Å²) in [7, 11) is -3.75. The first-order valence-electron chi connectivity index (χ1n) is 7.18. The second-order valence-electron chi connectivity index (χ2n) is 5.26. The molecule has 0 bridgehead atoms. The number of hydrogen-bond donors (Lipinski definition) is 2. The van der Waals surface area contributed by atoms with Gasteiger partial charge >= 0.3 is 0 Å². The number of piperidine rings is 1. The van der Waals surface area contributed by atoms with Crippen LogP contribution in [-0.2, 0) is 14.8 Å². The van der Waals surface area contributed by atoms with Crippen molar-refractivity contribution in [2.75, 3.05) is 19.6 Å². The molecule has 1 aromatic carbocycles. The summed E-state index contributed by atoms with van der Waals surface area (Å²) >= 11 is 6.02. The molecular weight excluding hydrogens is 342 g/mol. The predicted molar refractivity (Wildman–Crippen MR) is 85.6 cm³/mol. The van der Waals surface area contributed by atoms with Crippen LogP contribution < -0.4 is 11.1 Å². The molecule has 126 valence electrons. The van der Waals surface area contributed by atoms with Crippen LogP contribution >= 0.6 is 11.6 Å². The quantitative estimate of drug-likeness (QED) is 0.807. The number of nitrogens with one attached hydrogen (secondary N) is 1. The van der Waals surface area contributed by atoms with Gasteiger partial charge in [-0.2, -0.15) is 4.31 Å². The highest BCUT2D eigenvalue weighted by Gasteiger charge is 2.28. The largest absolute Gasteiger partial charge is 0.368 e. The van der Waals surface area contributed by atoms with Gasteiger partial charge in [-0.25, -0.2) is 8.42 Å². The summed E-state index contributed by atoms with van der Waals surface area (Å²) in [6.45, 7) is 0.559. The average Bonchev–Trinajstić information content (AvgIpc) is 2.53. The summed E-state index contributed by atoms with van der Waals surface area (Å²) < 4.78 is 26.7. The molecule has 0 aromatic heterocycles. The van der Waals surface area contributed by atoms with E-state index in [0.717, 1.165) is 19.3 Å². The maximum atomic E-state index is 12.7. The molecule has 0 saturated carbocycles. The van der Waals surface area contributed by atoms with Gasteiger partial charge in [0, 0.05) is 18.7 Å². The van der Waals surface area contributed by atoms with Crippen molar-refractivity contribution in [3.63, 3.8) is 0 Å². The molecule has 0 unspecified atom stereocenters. The molecule has 0 radical (unpaired) electrons. The molecule has 1 aliphatic rings. The van der Waals surface area contributed by atoms with Crippen molar-refractivity contribution >= 4 is 33.4 Å². The number of primary amides is 1. The maximum Gasteiger partial charge on any atom is 0.251 e. The first-order chi connectivity index (χ1) is 10.8. The Bertz CT molecular complexity index is 715. The number of carbonyl (C=O) groups is 2. The molecule has 3 N–H and O–H groups in total. The van der Waals surface area contributed by atoms with Crippen LogP contribution in [0.15, 0.2) is 23.1 Å². The van der Waals surface area contributed by atoms with Gasteiger partial charge in [0.1, 0.15) is 4.90 Å². The number of benzene rings is 1. The van der Waals surface area contributed by atoms with Crippen LogP contribution in [0.5, 0.6) is 0 Å². The van der Waals surface area contributed by atoms with Crippen molar-refractivity contribution in [3.05, 3.63) is 28.8 Å². The number of sulfonamides is 1. The SMILES string of the molecule is NC(=O)CNC(=O)c1ccc(Cl)c(S(=O)(=O)N2CCCCC2)c1. The fourth-order valence-electron chi connectivity index (χ4n) is 2.36. The number of nitrogens with two attached hydrogens (primary N) is 1. The van der Waals surface area contributed by atoms with E-state index < -0.39 is 21.8 Å². The monoisotopic (exact) mass is 359 g/mol. The number of amides is 2. The topological polar surface area (TPSA) is 110 Å². The van der Waals surface area contributed by atoms with Gasteiger partial charge in [0.25, 0.3) is 5.91 Å². The summed E-state index contributed by atoms with van der Waals surface area (Å²) in [6, 6.07) is 3.98. The van der Waals surface area contributed by atoms with Gasteiger partial charge < -0.3 is 11.1 Å². The lowest BCUT2D eigenvalue weighted by Crippen LogP contribution is -2.36. The van der Waals surface area contributed by atoms with Crippen molar-refractivity contribution in [3.8, 4) is 0 Å². The van der Waals surface area contributed by atoms with Crippen LogP contribution in [0, 0.1) is 0 Å². The van der Waals surface area contributed by atoms with Gasteiger partial charge in [0.05, 0.1) is 11.6 Å². The number of halogens is 1. The Morgan fingerprint density at radius 3 is 2.48 bits per heavy atom. The standard InChI is InChI=1S/C14H18ClN3O4S/c15-11-5-4-10(14(20)17-9-13(16)19)8-12(11)23(21,22)18-6-2-1-3-7-18/h4-5,8H,1-3,6-7,9H2,(H2,16,19)(H,17,20). The smallest absolute Gasteiger partial charge is 0.251 e. The summed E-state index contributed by atoms with van der Waals surface area (Å²) in [5.74, 6) is -1.27. The van der Waals surface area contributed by atoms with Crippen LogP contribution in [0.2, 0.25) is 5.02 Å². The van der Waals surface area contributed by atoms with E-state index in [0.29, 0.717) is 13.1 Å². The molecule has 7 nitrogen and oxygen atoms in total. The number of nitrogens with zero attached hydrogens (tertiary/aromatic N) is 1. The minimum atomic E-state index is -3.75. The highest BCUT2D eigenvalue weighted by molar-refractivity contribution is 7.89. The van der Waals surface area contributed by atoms with Crippen LogP contribution in [-0.4, -0.2) is 44.2 Å². The Hall–Kier alpha value is -1.64. The predicted octanol–water partition coefficient (Wildman–Crippen LogP) is 0.730. The van der Waals surface area contributed by atoms with E-state index >= 15 is 0 Å². The normalized spacial score (nSPS) is 16.0. The Morgan fingerprint density at radius 1 is 1.22 bits per heavy atom. The lowest BCUT2D eigenvalue weighted by molar-refractivity contribution is -0.117. The van der Waals surface area contributed by atoms with Gasteiger partial charge in [0.2, 0.25) is 15.9 Å². The molecule has 1 fully saturated rings. The zero-order valence-electron chi connectivity index (χ0n) is 12.4. The van der Waals surface area contributed by atoms with E-state index in [1.807, 2.05) is 0 Å². The number of rotatable bonds is 5. The molecule has 2 rings (SSSR count). The molecular formula is C14H18ClN3O4S. The van der Waals surface area contributed by atoms with Gasteiger partial charge in [-0.15, -0.1) is 0 Å². The minimum absolute atomic E-state index is 0.0574. The molecule has 23 heavy (non-hydrogen) atoms. The van der Waals surface area contributed by atoms with Crippen LogP contribution in [0.25, 0.3) is 0 Å². The molecule has 0 atom stereocenters. The molecule has 0 aliphatic carbocycles. The van der Waals surface area contributed by atoms with E-state index in [4.69, 9.17) is 17.3 Å². The second-order valence-corrected chi connectivity index (χ2v) is 7.57. The zero-order valence-corrected chi connectivity index (χ0v) is 14.0. The van der Waals surface area contributed by atoms with Crippen LogP contribution in [0.3, 0.4) is 0 Å². The van der Waals surface area contributed by atoms with E-state index in [9.17, 15) is 18.0 Å².